The molecule has 6 atom stereocenters. The number of benzene rings is 3. The molecule has 1 aromatic heterocycles. The molecule has 1 fully saturated rings. The van der Waals surface area contributed by atoms with Gasteiger partial charge in [0.15, 0.2) is 5.78 Å². The highest BCUT2D eigenvalue weighted by Crippen LogP contribution is 2.39. The molecule has 4 aromatic rings. The number of anilines is 1. The van der Waals surface area contributed by atoms with Gasteiger partial charge in [0, 0.05) is 45.2 Å². The number of unbranched alkanes of at least 4 members (excludes halogenated alkanes) is 1. The highest BCUT2D eigenvalue weighted by molar-refractivity contribution is 7.13. The lowest BCUT2D eigenvalue weighted by molar-refractivity contribution is -0.144. The van der Waals surface area contributed by atoms with Gasteiger partial charge in [0.05, 0.1) is 33.9 Å². The van der Waals surface area contributed by atoms with E-state index in [1.807, 2.05) is 94.4 Å². The zero-order valence-electron chi connectivity index (χ0n) is 45.2. The van der Waals surface area contributed by atoms with Gasteiger partial charge in [0.1, 0.15) is 29.8 Å². The molecule has 412 valence electrons. The number of hydrogen-bond donors (Lipinski definition) is 6. The molecule has 1 saturated heterocycles. The van der Waals surface area contributed by atoms with Gasteiger partial charge in [-0.1, -0.05) is 87.5 Å². The molecule has 4 heterocycles. The van der Waals surface area contributed by atoms with Gasteiger partial charge in [-0.3, -0.25) is 38.5 Å². The van der Waals surface area contributed by atoms with Crippen LogP contribution < -0.4 is 31.9 Å². The van der Waals surface area contributed by atoms with E-state index in [2.05, 4.69) is 26.3 Å². The van der Waals surface area contributed by atoms with Gasteiger partial charge in [0.25, 0.3) is 0 Å². The van der Waals surface area contributed by atoms with Crippen molar-refractivity contribution in [1.82, 2.24) is 31.2 Å². The lowest BCUT2D eigenvalue weighted by Gasteiger charge is -2.35. The Hall–Kier alpha value is -6.99. The van der Waals surface area contributed by atoms with E-state index in [1.165, 1.54) is 9.80 Å². The number of amides is 7. The molecule has 0 radical (unpaired) electrons. The average molecular weight is 1080 g/mol. The standard InChI is InChI=1S/C58H74N8O10S/c1-34-50(77-33-61-34)39-21-18-37(19-22-39)31-60-52(71)44-30-41(67)32-65(44)55(74)51(57(2,3)4)64-48(70)17-9-8-12-35-13-10-14-36(28-35)20-26-46(68)42(25-27-47(59)69)62-53(72)45-29-40-16-11-15-38-23-24-43(54(73)66(45)49(38)40)63-56(75)76-58(5,6)7/h10-11,13-16,18-19,21-22,28,33,41-45,51,67H,8-9,12,17,20,23-27,29-32H2,1-7H3,(H2,59,69)(H,60,71)(H,62,72)(H,63,75)(H,64,70)/t41-,42+,43+,44+,45+,51-/m1/s1. The van der Waals surface area contributed by atoms with Crippen molar-refractivity contribution < 1.29 is 48.2 Å². The fraction of sp³-hybridized carbons (Fsp3) is 0.500. The number of aromatic nitrogens is 1. The van der Waals surface area contributed by atoms with Gasteiger partial charge in [0.2, 0.25) is 35.4 Å². The SMILES string of the molecule is Cc1ncsc1-c1ccc(CNC(=O)[C@@H]2C[C@@H](O)CN2C(=O)[C@@H](NC(=O)CCCCc2cccc(CCC(=O)[C@H](CCC(N)=O)NC(=O)[C@@H]3Cc4cccc5c4N3C(=O)[C@@H](NC(=O)OC(C)(C)C)CC5)c2)C(C)(C)C)cc1. The maximum Gasteiger partial charge on any atom is 0.408 e. The van der Waals surface area contributed by atoms with E-state index in [1.54, 1.807) is 37.6 Å². The number of thiazole rings is 1. The number of aryl methyl sites for hydroxylation is 4. The first kappa shape index (κ1) is 57.7. The Kier molecular flexibility index (Phi) is 18.7. The van der Waals surface area contributed by atoms with Crippen LogP contribution in [-0.4, -0.2) is 111 Å². The van der Waals surface area contributed by atoms with Gasteiger partial charge in [-0.15, -0.1) is 11.3 Å². The minimum Gasteiger partial charge on any atom is -0.444 e. The molecule has 7 N–H and O–H groups in total. The molecule has 3 aliphatic rings. The topological polar surface area (TPSA) is 260 Å². The van der Waals surface area contributed by atoms with Crippen LogP contribution in [0.5, 0.6) is 0 Å². The first-order chi connectivity index (χ1) is 36.4. The van der Waals surface area contributed by atoms with Gasteiger partial charge in [-0.25, -0.2) is 9.78 Å². The van der Waals surface area contributed by atoms with Gasteiger partial charge >= 0.3 is 6.09 Å². The smallest absolute Gasteiger partial charge is 0.408 e. The Bertz CT molecular complexity index is 2840. The van der Waals surface area contributed by atoms with Gasteiger partial charge < -0.3 is 41.7 Å². The monoisotopic (exact) mass is 1070 g/mol. The Morgan fingerprint density at radius 2 is 1.55 bits per heavy atom. The summed E-state index contributed by atoms with van der Waals surface area (Å²) in [4.78, 5) is 116. The molecular formula is C58H74N8O10S. The Labute approximate surface area is 454 Å². The predicted molar refractivity (Wildman–Crippen MR) is 292 cm³/mol. The fourth-order valence-electron chi connectivity index (χ4n) is 10.3. The number of aliphatic hydroxyl groups is 1. The van der Waals surface area contributed by atoms with E-state index in [-0.39, 0.29) is 69.2 Å². The molecule has 7 rings (SSSR count). The first-order valence-electron chi connectivity index (χ1n) is 26.6. The van der Waals surface area contributed by atoms with Crippen molar-refractivity contribution in [2.45, 2.75) is 174 Å². The lowest BCUT2D eigenvalue weighted by Crippen LogP contribution is -2.57. The molecule has 3 aliphatic heterocycles. The van der Waals surface area contributed by atoms with Gasteiger partial charge in [-0.05, 0) is 111 Å². The van der Waals surface area contributed by atoms with Crippen LogP contribution in [0.25, 0.3) is 10.4 Å². The number of hydrogen-bond acceptors (Lipinski definition) is 12. The number of nitrogens with one attached hydrogen (secondary N) is 4. The van der Waals surface area contributed by atoms with Gasteiger partial charge in [-0.2, -0.15) is 0 Å². The maximum atomic E-state index is 14.2. The Morgan fingerprint density at radius 3 is 2.22 bits per heavy atom. The minimum atomic E-state index is -1.06. The van der Waals surface area contributed by atoms with E-state index >= 15 is 0 Å². The lowest BCUT2D eigenvalue weighted by atomic mass is 9.85. The summed E-state index contributed by atoms with van der Waals surface area (Å²) < 4.78 is 5.43. The summed E-state index contributed by atoms with van der Waals surface area (Å²) in [5.74, 6) is -3.06. The normalized spacial score (nSPS) is 18.9. The number of aliphatic hydroxyl groups excluding tert-OH is 1. The third-order valence-corrected chi connectivity index (χ3v) is 15.2. The molecule has 0 aliphatic carbocycles. The highest BCUT2D eigenvalue weighted by Gasteiger charge is 2.46. The number of ketones is 1. The third kappa shape index (κ3) is 15.2. The highest BCUT2D eigenvalue weighted by atomic mass is 32.1. The van der Waals surface area contributed by atoms with Crippen LogP contribution >= 0.6 is 11.3 Å². The average Bonchev–Trinajstić information content (AvgIpc) is 4.12. The summed E-state index contributed by atoms with van der Waals surface area (Å²) in [6, 6.07) is 16.4. The van der Waals surface area contributed by atoms with Crippen LogP contribution in [0, 0.1) is 12.3 Å². The minimum absolute atomic E-state index is 0.0233. The van der Waals surface area contributed by atoms with Crippen molar-refractivity contribution in [2.24, 2.45) is 11.1 Å². The number of ether oxygens (including phenoxy) is 1. The third-order valence-electron chi connectivity index (χ3n) is 14.3. The van der Waals surface area contributed by atoms with Crippen LogP contribution in [-0.2, 0) is 70.5 Å². The number of para-hydroxylation sites is 1. The molecule has 7 amide bonds. The molecule has 0 spiro atoms. The zero-order valence-corrected chi connectivity index (χ0v) is 46.1. The number of carbonyl (C=O) groups is 8. The largest absolute Gasteiger partial charge is 0.444 e. The quantitative estimate of drug-likeness (QED) is 0.0553. The van der Waals surface area contributed by atoms with Crippen molar-refractivity contribution in [2.75, 3.05) is 11.4 Å². The Morgan fingerprint density at radius 1 is 0.844 bits per heavy atom. The van der Waals surface area contributed by atoms with E-state index in [9.17, 15) is 43.5 Å². The second-order valence-corrected chi connectivity index (χ2v) is 23.4. The van der Waals surface area contributed by atoms with Crippen molar-refractivity contribution in [3.63, 3.8) is 0 Å². The van der Waals surface area contributed by atoms with Crippen molar-refractivity contribution in [3.8, 4) is 10.4 Å². The molecule has 18 nitrogen and oxygen atoms in total. The van der Waals surface area contributed by atoms with Crippen LogP contribution in [0.2, 0.25) is 0 Å². The van der Waals surface area contributed by atoms with E-state index in [4.69, 9.17) is 10.5 Å². The summed E-state index contributed by atoms with van der Waals surface area (Å²) in [7, 11) is 0. The van der Waals surface area contributed by atoms with Crippen LogP contribution in [0.1, 0.15) is 126 Å². The van der Waals surface area contributed by atoms with E-state index in [0.29, 0.717) is 44.2 Å². The van der Waals surface area contributed by atoms with Crippen LogP contribution in [0.4, 0.5) is 10.5 Å². The maximum absolute atomic E-state index is 14.2. The Balaban J connectivity index is 0.895. The van der Waals surface area contributed by atoms with E-state index < -0.39 is 77.1 Å². The predicted octanol–water partition coefficient (Wildman–Crippen LogP) is 5.69. The molecular weight excluding hydrogens is 1000 g/mol. The summed E-state index contributed by atoms with van der Waals surface area (Å²) in [6.07, 6.45) is 1.62. The number of carbonyl (C=O) groups excluding carboxylic acids is 8. The number of nitrogens with zero attached hydrogens (tertiary/aromatic N) is 3. The summed E-state index contributed by atoms with van der Waals surface area (Å²) in [6.45, 7) is 12.9. The van der Waals surface area contributed by atoms with Crippen LogP contribution in [0.15, 0.2) is 72.2 Å². The fourth-order valence-corrected chi connectivity index (χ4v) is 11.1. The number of nitrogens with two attached hydrogens (primary N) is 1. The molecule has 3 aromatic carbocycles. The second-order valence-electron chi connectivity index (χ2n) is 22.6. The molecule has 0 bridgehead atoms. The number of likely N-dealkylation sites (tertiary alicyclic amines) is 1. The summed E-state index contributed by atoms with van der Waals surface area (Å²) in [5, 5.41) is 22.1. The van der Waals surface area contributed by atoms with E-state index in [0.717, 1.165) is 44.0 Å². The second kappa shape index (κ2) is 25.0. The van der Waals surface area contributed by atoms with Crippen molar-refractivity contribution >= 4 is 64.3 Å². The first-order valence-corrected chi connectivity index (χ1v) is 27.5. The number of β-amino-alcohol motifs (C(OH)–C–C–N with tert-alkyl or cyclic N) is 1. The zero-order chi connectivity index (χ0) is 55.8. The van der Waals surface area contributed by atoms with Crippen molar-refractivity contribution in [1.29, 1.82) is 0 Å². The van der Waals surface area contributed by atoms with Crippen LogP contribution in [0.3, 0.4) is 0 Å². The number of Topliss-reactive ketones (excluding diaryl/α,β-unsaturated/α-hetero) is 1. The summed E-state index contributed by atoms with van der Waals surface area (Å²) >= 11 is 1.56. The molecule has 0 unspecified atom stereocenters. The number of alkyl carbamates (subject to hydrolysis) is 1. The molecule has 0 saturated carbocycles. The van der Waals surface area contributed by atoms with Crippen molar-refractivity contribution in [3.05, 3.63) is 106 Å². The number of primary amides is 1. The molecule has 77 heavy (non-hydrogen) atoms. The molecule has 19 heteroatoms. The number of rotatable bonds is 21. The summed E-state index contributed by atoms with van der Waals surface area (Å²) in [5.41, 5.74) is 12.9.